The SMILES string of the molecule is Cc1ccc(OCC(=O)OC(C)C)c(CO)n1. The van der Waals surface area contributed by atoms with Gasteiger partial charge in [0.2, 0.25) is 0 Å². The number of aromatic nitrogens is 1. The standard InChI is InChI=1S/C12H17NO4/c1-8(2)17-12(15)7-16-11-5-4-9(3)13-10(11)6-14/h4-5,8,14H,6-7H2,1-3H3. The fourth-order valence-electron chi connectivity index (χ4n) is 1.28. The second kappa shape index (κ2) is 6.20. The molecule has 0 unspecified atom stereocenters. The van der Waals surface area contributed by atoms with Crippen molar-refractivity contribution < 1.29 is 19.4 Å². The number of hydrogen-bond acceptors (Lipinski definition) is 5. The minimum absolute atomic E-state index is 0.167. The minimum Gasteiger partial charge on any atom is -0.480 e. The summed E-state index contributed by atoms with van der Waals surface area (Å²) < 4.78 is 10.2. The molecule has 0 atom stereocenters. The first-order valence-electron chi connectivity index (χ1n) is 5.42. The van der Waals surface area contributed by atoms with Crippen molar-refractivity contribution >= 4 is 5.97 Å². The van der Waals surface area contributed by atoms with E-state index in [0.29, 0.717) is 11.4 Å². The van der Waals surface area contributed by atoms with Crippen molar-refractivity contribution in [1.82, 2.24) is 4.98 Å². The minimum atomic E-state index is -0.440. The van der Waals surface area contributed by atoms with E-state index in [1.54, 1.807) is 26.0 Å². The van der Waals surface area contributed by atoms with Crippen molar-refractivity contribution in [3.8, 4) is 5.75 Å². The van der Waals surface area contributed by atoms with E-state index < -0.39 is 5.97 Å². The molecule has 1 aromatic heterocycles. The molecule has 1 aromatic rings. The van der Waals surface area contributed by atoms with E-state index in [4.69, 9.17) is 14.6 Å². The summed E-state index contributed by atoms with van der Waals surface area (Å²) in [4.78, 5) is 15.4. The summed E-state index contributed by atoms with van der Waals surface area (Å²) in [7, 11) is 0. The van der Waals surface area contributed by atoms with Crippen molar-refractivity contribution in [2.45, 2.75) is 33.5 Å². The molecule has 0 fully saturated rings. The molecule has 1 heterocycles. The lowest BCUT2D eigenvalue weighted by molar-refractivity contribution is -0.149. The van der Waals surface area contributed by atoms with E-state index in [9.17, 15) is 4.79 Å². The van der Waals surface area contributed by atoms with Crippen molar-refractivity contribution in [1.29, 1.82) is 0 Å². The van der Waals surface area contributed by atoms with Gasteiger partial charge in [0.25, 0.3) is 0 Å². The van der Waals surface area contributed by atoms with Gasteiger partial charge in [-0.05, 0) is 32.9 Å². The quantitative estimate of drug-likeness (QED) is 0.782. The highest BCUT2D eigenvalue weighted by Gasteiger charge is 2.09. The Labute approximate surface area is 100 Å². The maximum Gasteiger partial charge on any atom is 0.344 e. The summed E-state index contributed by atoms with van der Waals surface area (Å²) in [6.07, 6.45) is -0.167. The fourth-order valence-corrected chi connectivity index (χ4v) is 1.28. The van der Waals surface area contributed by atoms with Crippen LogP contribution in [0.15, 0.2) is 12.1 Å². The summed E-state index contributed by atoms with van der Waals surface area (Å²) in [6, 6.07) is 3.43. The molecule has 5 heteroatoms. The molecule has 0 amide bonds. The molecular weight excluding hydrogens is 222 g/mol. The number of pyridine rings is 1. The molecule has 0 aliphatic rings. The molecule has 1 rings (SSSR count). The third-order valence-corrected chi connectivity index (χ3v) is 1.93. The van der Waals surface area contributed by atoms with E-state index in [1.807, 2.05) is 6.92 Å². The van der Waals surface area contributed by atoms with Crippen molar-refractivity contribution in [3.63, 3.8) is 0 Å². The Hall–Kier alpha value is -1.62. The normalized spacial score (nSPS) is 10.4. The molecule has 0 aliphatic heterocycles. The lowest BCUT2D eigenvalue weighted by Crippen LogP contribution is -2.19. The highest BCUT2D eigenvalue weighted by molar-refractivity contribution is 5.71. The lowest BCUT2D eigenvalue weighted by Gasteiger charge is -2.11. The highest BCUT2D eigenvalue weighted by atomic mass is 16.6. The van der Waals surface area contributed by atoms with E-state index in [0.717, 1.165) is 5.69 Å². The lowest BCUT2D eigenvalue weighted by atomic mass is 10.3. The third-order valence-electron chi connectivity index (χ3n) is 1.93. The highest BCUT2D eigenvalue weighted by Crippen LogP contribution is 2.16. The summed E-state index contributed by atoms with van der Waals surface area (Å²) in [5.41, 5.74) is 1.20. The van der Waals surface area contributed by atoms with E-state index >= 15 is 0 Å². The second-order valence-electron chi connectivity index (χ2n) is 3.88. The van der Waals surface area contributed by atoms with Crippen LogP contribution in [0.25, 0.3) is 0 Å². The van der Waals surface area contributed by atoms with Crippen molar-refractivity contribution in [2.75, 3.05) is 6.61 Å². The molecule has 0 radical (unpaired) electrons. The topological polar surface area (TPSA) is 68.7 Å². The van der Waals surface area contributed by atoms with Gasteiger partial charge in [0, 0.05) is 5.69 Å². The molecule has 0 spiro atoms. The van der Waals surface area contributed by atoms with Crippen LogP contribution in [0.1, 0.15) is 25.2 Å². The Morgan fingerprint density at radius 1 is 1.47 bits per heavy atom. The van der Waals surface area contributed by atoms with Crippen LogP contribution in [0.5, 0.6) is 5.75 Å². The molecule has 5 nitrogen and oxygen atoms in total. The predicted molar refractivity (Wildman–Crippen MR) is 61.6 cm³/mol. The Balaban J connectivity index is 2.60. The number of aliphatic hydroxyl groups is 1. The molecule has 0 saturated heterocycles. The first kappa shape index (κ1) is 13.4. The summed E-state index contributed by atoms with van der Waals surface area (Å²) >= 11 is 0. The maximum absolute atomic E-state index is 11.3. The zero-order valence-corrected chi connectivity index (χ0v) is 10.3. The predicted octanol–water partition coefficient (Wildman–Crippen LogP) is 1.21. The number of hydrogen-bond donors (Lipinski definition) is 1. The average molecular weight is 239 g/mol. The number of carbonyl (C=O) groups is 1. The van der Waals surface area contributed by atoms with Gasteiger partial charge in [0.05, 0.1) is 12.7 Å². The van der Waals surface area contributed by atoms with Crippen LogP contribution < -0.4 is 4.74 Å². The molecule has 0 aliphatic carbocycles. The smallest absolute Gasteiger partial charge is 0.344 e. The largest absolute Gasteiger partial charge is 0.480 e. The van der Waals surface area contributed by atoms with Crippen LogP contribution in [0, 0.1) is 6.92 Å². The van der Waals surface area contributed by atoms with E-state index in [-0.39, 0.29) is 19.3 Å². The van der Waals surface area contributed by atoms with Crippen LogP contribution >= 0.6 is 0 Å². The molecule has 94 valence electrons. The van der Waals surface area contributed by atoms with Gasteiger partial charge in [-0.3, -0.25) is 4.98 Å². The van der Waals surface area contributed by atoms with E-state index in [1.165, 1.54) is 0 Å². The number of aryl methyl sites for hydroxylation is 1. The zero-order valence-electron chi connectivity index (χ0n) is 10.3. The van der Waals surface area contributed by atoms with Crippen LogP contribution in [-0.2, 0) is 16.1 Å². The van der Waals surface area contributed by atoms with Crippen LogP contribution in [-0.4, -0.2) is 28.8 Å². The zero-order chi connectivity index (χ0) is 12.8. The van der Waals surface area contributed by atoms with Gasteiger partial charge in [-0.15, -0.1) is 0 Å². The van der Waals surface area contributed by atoms with Gasteiger partial charge in [-0.25, -0.2) is 4.79 Å². The van der Waals surface area contributed by atoms with Gasteiger partial charge < -0.3 is 14.6 Å². The summed E-state index contributed by atoms with van der Waals surface area (Å²) in [5, 5.41) is 9.09. The first-order chi connectivity index (χ1) is 8.02. The number of nitrogens with zero attached hydrogens (tertiary/aromatic N) is 1. The monoisotopic (exact) mass is 239 g/mol. The third kappa shape index (κ3) is 4.40. The Morgan fingerprint density at radius 3 is 2.76 bits per heavy atom. The molecular formula is C12H17NO4. The number of ether oxygens (including phenoxy) is 2. The van der Waals surface area contributed by atoms with Crippen LogP contribution in [0.2, 0.25) is 0 Å². The molecule has 0 aromatic carbocycles. The van der Waals surface area contributed by atoms with Crippen molar-refractivity contribution in [3.05, 3.63) is 23.5 Å². The van der Waals surface area contributed by atoms with Gasteiger partial charge in [-0.2, -0.15) is 0 Å². The number of carbonyl (C=O) groups excluding carboxylic acids is 1. The number of rotatable bonds is 5. The Bertz CT molecular complexity index is 390. The summed E-state index contributed by atoms with van der Waals surface area (Å²) in [6.45, 7) is 4.94. The van der Waals surface area contributed by atoms with Crippen LogP contribution in [0.3, 0.4) is 0 Å². The first-order valence-corrected chi connectivity index (χ1v) is 5.42. The molecule has 17 heavy (non-hydrogen) atoms. The molecule has 0 saturated carbocycles. The van der Waals surface area contributed by atoms with Gasteiger partial charge in [0.15, 0.2) is 6.61 Å². The number of aliphatic hydroxyl groups excluding tert-OH is 1. The van der Waals surface area contributed by atoms with E-state index in [2.05, 4.69) is 4.98 Å². The molecule has 0 bridgehead atoms. The average Bonchev–Trinajstić information content (AvgIpc) is 2.26. The summed E-state index contributed by atoms with van der Waals surface area (Å²) in [5.74, 6) is -0.0386. The van der Waals surface area contributed by atoms with Crippen molar-refractivity contribution in [2.24, 2.45) is 0 Å². The van der Waals surface area contributed by atoms with Gasteiger partial charge in [-0.1, -0.05) is 0 Å². The fraction of sp³-hybridized carbons (Fsp3) is 0.500. The maximum atomic E-state index is 11.3. The number of esters is 1. The Morgan fingerprint density at radius 2 is 2.18 bits per heavy atom. The second-order valence-corrected chi connectivity index (χ2v) is 3.88. The Kier molecular flexibility index (Phi) is 4.90. The van der Waals surface area contributed by atoms with Gasteiger partial charge in [0.1, 0.15) is 11.4 Å². The molecule has 1 N–H and O–H groups in total. The van der Waals surface area contributed by atoms with Crippen LogP contribution in [0.4, 0.5) is 0 Å². The van der Waals surface area contributed by atoms with Gasteiger partial charge >= 0.3 is 5.97 Å².